The summed E-state index contributed by atoms with van der Waals surface area (Å²) in [5.74, 6) is -15.2. The van der Waals surface area contributed by atoms with E-state index in [4.69, 9.17) is 22.9 Å². The lowest BCUT2D eigenvalue weighted by Crippen LogP contribution is -2.60. The van der Waals surface area contributed by atoms with Gasteiger partial charge in [-0.25, -0.2) is 9.78 Å². The van der Waals surface area contributed by atoms with Crippen molar-refractivity contribution in [2.45, 2.75) is 184 Å². The predicted molar refractivity (Wildman–Crippen MR) is 335 cm³/mol. The Labute approximate surface area is 552 Å². The van der Waals surface area contributed by atoms with Crippen molar-refractivity contribution in [2.24, 2.45) is 39.8 Å². The minimum Gasteiger partial charge on any atom is -0.481 e. The van der Waals surface area contributed by atoms with Crippen LogP contribution in [0.15, 0.2) is 17.5 Å². The number of carbonyl (C=O) groups is 15. The van der Waals surface area contributed by atoms with Crippen molar-refractivity contribution in [3.63, 3.8) is 0 Å². The minimum atomic E-state index is -1.86. The molecular formula is C58H93N19O19. The number of carboxylic acid groups (broad SMARTS) is 2. The summed E-state index contributed by atoms with van der Waals surface area (Å²) in [7, 11) is 0. The van der Waals surface area contributed by atoms with Gasteiger partial charge in [0.25, 0.3) is 0 Å². The SMILES string of the molecule is CC(C)C[C@H](NC(=O)[C@@H](N)CO)C(=O)NCC(=O)N[C@@H](Cc1cnc[nH]1)C(=O)N1CCC[C@H]1C(=O)N[C@@H](CCC(=O)O)C(=O)N1CCC[C@H]1C(=O)N[C@@H](CC(C)C)C(=O)N[C@@H](CO)C(=O)N[C@@H](CC(N)=O)C(=O)NCC(=O)N[C@@H](CCCN=C(N)N)C(=O)N1CCC[C@H]1C(=O)O. The van der Waals surface area contributed by atoms with Crippen LogP contribution in [0.3, 0.4) is 0 Å². The number of hydrogen-bond acceptors (Lipinski definition) is 20. The molecule has 0 aliphatic carbocycles. The molecule has 1 aromatic heterocycles. The van der Waals surface area contributed by atoms with E-state index in [-0.39, 0.29) is 108 Å². The summed E-state index contributed by atoms with van der Waals surface area (Å²) in [5, 5.41) is 60.9. The zero-order valence-electron chi connectivity index (χ0n) is 54.2. The number of aromatic amines is 1. The molecule has 1 aromatic rings. The van der Waals surface area contributed by atoms with Gasteiger partial charge in [-0.05, 0) is 82.5 Å². The molecule has 0 unspecified atom stereocenters. The molecule has 11 atom stereocenters. The van der Waals surface area contributed by atoms with E-state index in [0.29, 0.717) is 12.1 Å². The second-order valence-corrected chi connectivity index (χ2v) is 24.5. The van der Waals surface area contributed by atoms with Crippen LogP contribution in [0.4, 0.5) is 0 Å². The van der Waals surface area contributed by atoms with E-state index >= 15 is 0 Å². The standard InChI is InChI=1S/C58H93N19O19/c1-29(2)19-35(71-47(85)32(59)26-78)48(86)65-25-45(82)69-38(21-31-23-63-28-67-31)56(94)76-17-7-10-40(76)52(90)70-34(13-14-46(83)84)55(93)75-16-6-11-41(75)53(91)73-36(20-30(3)4)50(88)74-39(27-79)51(89)72-37(22-43(60)80)49(87)66-24-44(81)68-33(9-5-15-64-58(61)62)54(92)77-18-8-12-42(77)57(95)96/h23,28-30,32-42,78-79H,5-22,24-27,59H2,1-4H3,(H2,60,80)(H,63,67)(H,65,86)(H,66,87)(H,68,81)(H,69,82)(H,70,90)(H,71,85)(H,72,89)(H,73,91)(H,74,88)(H,83,84)(H,95,96)(H4,61,62,64)/t32-,33-,34-,35-,36-,37-,38-,39-,40-,41-,42-/m0/s1. The first-order valence-corrected chi connectivity index (χ1v) is 31.7. The molecule has 22 N–H and O–H groups in total. The van der Waals surface area contributed by atoms with Crippen LogP contribution >= 0.6 is 0 Å². The number of aliphatic carboxylic acids is 2. The van der Waals surface area contributed by atoms with Crippen molar-refractivity contribution < 1.29 is 92.3 Å². The number of aromatic nitrogens is 2. The Balaban J connectivity index is 1.44. The van der Waals surface area contributed by atoms with E-state index in [2.05, 4.69) is 62.8 Å². The number of nitrogens with zero attached hydrogens (tertiary/aromatic N) is 5. The van der Waals surface area contributed by atoms with Gasteiger partial charge in [-0.3, -0.25) is 72.1 Å². The lowest BCUT2D eigenvalue weighted by atomic mass is 10.0. The Morgan fingerprint density at radius 3 is 1.51 bits per heavy atom. The predicted octanol–water partition coefficient (Wildman–Crippen LogP) is -8.17. The highest BCUT2D eigenvalue weighted by molar-refractivity contribution is 6.00. The summed E-state index contributed by atoms with van der Waals surface area (Å²) >= 11 is 0. The average Bonchev–Trinajstić information content (AvgIpc) is 1.57. The smallest absolute Gasteiger partial charge is 0.326 e. The van der Waals surface area contributed by atoms with Crippen molar-refractivity contribution in [2.75, 3.05) is 52.5 Å². The van der Waals surface area contributed by atoms with Gasteiger partial charge >= 0.3 is 11.9 Å². The minimum absolute atomic E-state index is 0.000126. The van der Waals surface area contributed by atoms with Crippen LogP contribution in [-0.4, -0.2) is 259 Å². The van der Waals surface area contributed by atoms with Crippen molar-refractivity contribution in [3.8, 4) is 0 Å². The van der Waals surface area contributed by atoms with E-state index in [1.807, 2.05) is 0 Å². The fraction of sp³-hybridized carbons (Fsp3) is 0.672. The lowest BCUT2D eigenvalue weighted by molar-refractivity contribution is -0.149. The number of rotatable bonds is 39. The van der Waals surface area contributed by atoms with Gasteiger partial charge in [0.05, 0.1) is 39.1 Å². The van der Waals surface area contributed by atoms with Crippen molar-refractivity contribution in [1.82, 2.24) is 72.5 Å². The van der Waals surface area contributed by atoms with Crippen LogP contribution in [0.25, 0.3) is 0 Å². The number of hydrogen-bond donors (Lipinski definition) is 18. The number of aliphatic hydroxyl groups is 2. The molecule has 3 saturated heterocycles. The first-order chi connectivity index (χ1) is 45.3. The number of guanidine groups is 1. The molecule has 13 amide bonds. The molecule has 0 aromatic carbocycles. The molecule has 3 fully saturated rings. The largest absolute Gasteiger partial charge is 0.481 e. The third kappa shape index (κ3) is 25.0. The van der Waals surface area contributed by atoms with E-state index in [1.54, 1.807) is 27.7 Å². The molecule has 3 aliphatic heterocycles. The van der Waals surface area contributed by atoms with Gasteiger partial charge in [-0.1, -0.05) is 27.7 Å². The van der Waals surface area contributed by atoms with Gasteiger partial charge in [0, 0.05) is 50.9 Å². The van der Waals surface area contributed by atoms with Gasteiger partial charge in [0.2, 0.25) is 76.8 Å². The highest BCUT2D eigenvalue weighted by atomic mass is 16.4. The van der Waals surface area contributed by atoms with Crippen LogP contribution in [0.2, 0.25) is 0 Å². The highest BCUT2D eigenvalue weighted by Crippen LogP contribution is 2.24. The van der Waals surface area contributed by atoms with E-state index in [9.17, 15) is 92.3 Å². The lowest BCUT2D eigenvalue weighted by Gasteiger charge is -2.32. The second-order valence-electron chi connectivity index (χ2n) is 24.5. The van der Waals surface area contributed by atoms with Gasteiger partial charge in [0.1, 0.15) is 66.5 Å². The summed E-state index contributed by atoms with van der Waals surface area (Å²) < 4.78 is 0. The zero-order valence-corrected chi connectivity index (χ0v) is 54.2. The molecule has 4 heterocycles. The Hall–Kier alpha value is -9.59. The van der Waals surface area contributed by atoms with Crippen molar-refractivity contribution in [1.29, 1.82) is 0 Å². The molecule has 0 radical (unpaired) electrons. The first-order valence-electron chi connectivity index (χ1n) is 31.7. The molecule has 38 heteroatoms. The van der Waals surface area contributed by atoms with Crippen molar-refractivity contribution >= 4 is 94.7 Å². The summed E-state index contributed by atoms with van der Waals surface area (Å²) in [4.78, 5) is 215. The molecule has 38 nitrogen and oxygen atoms in total. The maximum atomic E-state index is 14.5. The molecular weight excluding hydrogens is 1270 g/mol. The first kappa shape index (κ1) is 78.9. The summed E-state index contributed by atoms with van der Waals surface area (Å²) in [5.41, 5.74) is 22.2. The summed E-state index contributed by atoms with van der Waals surface area (Å²) in [6, 6.07) is -15.5. The van der Waals surface area contributed by atoms with Crippen molar-refractivity contribution in [3.05, 3.63) is 18.2 Å². The number of primary amides is 1. The maximum absolute atomic E-state index is 14.5. The monoisotopic (exact) mass is 1360 g/mol. The molecule has 0 saturated carbocycles. The van der Waals surface area contributed by atoms with Crippen LogP contribution < -0.4 is 70.8 Å². The molecule has 4 rings (SSSR count). The van der Waals surface area contributed by atoms with Gasteiger partial charge in [-0.15, -0.1) is 0 Å². The van der Waals surface area contributed by atoms with Gasteiger partial charge in [0.15, 0.2) is 5.96 Å². The highest BCUT2D eigenvalue weighted by Gasteiger charge is 2.44. The number of aliphatic imine (C=N–C) groups is 1. The number of H-pyrrole nitrogens is 1. The molecule has 3 aliphatic rings. The Bertz CT molecular complexity index is 2960. The fourth-order valence-electron chi connectivity index (χ4n) is 11.1. The number of aliphatic hydroxyl groups excluding tert-OH is 2. The van der Waals surface area contributed by atoms with Crippen LogP contribution in [0.5, 0.6) is 0 Å². The van der Waals surface area contributed by atoms with E-state index in [0.717, 1.165) is 9.80 Å². The van der Waals surface area contributed by atoms with E-state index < -0.39 is 201 Å². The topological polar surface area (TPSA) is 600 Å². The number of carbonyl (C=O) groups excluding carboxylic acids is 13. The number of imidazole rings is 1. The van der Waals surface area contributed by atoms with Crippen LogP contribution in [-0.2, 0) is 78.3 Å². The summed E-state index contributed by atoms with van der Waals surface area (Å²) in [6.45, 7) is 3.74. The number of nitrogens with one attached hydrogen (secondary N) is 10. The Kier molecular flexibility index (Phi) is 31.8. The normalized spacial score (nSPS) is 18.4. The number of likely N-dealkylation sites (tertiary alicyclic amines) is 3. The number of nitrogens with two attached hydrogens (primary N) is 4. The van der Waals surface area contributed by atoms with Gasteiger partial charge in [-0.2, -0.15) is 0 Å². The molecule has 0 spiro atoms. The molecule has 534 valence electrons. The maximum Gasteiger partial charge on any atom is 0.326 e. The third-order valence-electron chi connectivity index (χ3n) is 15.9. The molecule has 0 bridgehead atoms. The molecule has 96 heavy (non-hydrogen) atoms. The summed E-state index contributed by atoms with van der Waals surface area (Å²) in [6.07, 6.45) is 1.90. The third-order valence-corrected chi connectivity index (χ3v) is 15.9. The Morgan fingerprint density at radius 1 is 0.573 bits per heavy atom. The van der Waals surface area contributed by atoms with E-state index in [1.165, 1.54) is 17.4 Å². The zero-order chi connectivity index (χ0) is 71.5. The van der Waals surface area contributed by atoms with Crippen LogP contribution in [0.1, 0.15) is 117 Å². The Morgan fingerprint density at radius 2 is 1.03 bits per heavy atom. The quantitative estimate of drug-likeness (QED) is 0.0165. The van der Waals surface area contributed by atoms with Gasteiger partial charge < -0.3 is 111 Å². The second kappa shape index (κ2) is 38.7. The fourth-order valence-corrected chi connectivity index (χ4v) is 11.1. The number of amides is 13. The number of carboxylic acids is 2. The average molecular weight is 1360 g/mol. The van der Waals surface area contributed by atoms with Crippen LogP contribution in [0, 0.1) is 11.8 Å².